The summed E-state index contributed by atoms with van der Waals surface area (Å²) in [5.74, 6) is -0.314. The minimum atomic E-state index is -0.314. The van der Waals surface area contributed by atoms with E-state index in [0.717, 1.165) is 32.6 Å². The van der Waals surface area contributed by atoms with Gasteiger partial charge >= 0.3 is 0 Å². The summed E-state index contributed by atoms with van der Waals surface area (Å²) in [5, 5.41) is 14.0. The van der Waals surface area contributed by atoms with Gasteiger partial charge in [-0.1, -0.05) is 24.3 Å². The average molecular weight is 424 g/mol. The van der Waals surface area contributed by atoms with Crippen molar-refractivity contribution in [3.05, 3.63) is 89.7 Å². The molecular formula is C23H16N6OS. The predicted molar refractivity (Wildman–Crippen MR) is 122 cm³/mol. The van der Waals surface area contributed by atoms with Crippen molar-refractivity contribution in [1.29, 1.82) is 0 Å². The van der Waals surface area contributed by atoms with E-state index in [2.05, 4.69) is 25.7 Å². The molecule has 2 N–H and O–H groups in total. The fourth-order valence-corrected chi connectivity index (χ4v) is 4.01. The van der Waals surface area contributed by atoms with Crippen LogP contribution in [-0.2, 0) is 0 Å². The minimum Gasteiger partial charge on any atom is -0.276 e. The Kier molecular flexibility index (Phi) is 5.04. The number of H-pyrrole nitrogens is 1. The molecule has 0 aliphatic carbocycles. The van der Waals surface area contributed by atoms with Gasteiger partial charge in [-0.05, 0) is 35.7 Å². The van der Waals surface area contributed by atoms with Crippen LogP contribution in [0.5, 0.6) is 0 Å². The van der Waals surface area contributed by atoms with Gasteiger partial charge in [-0.25, -0.2) is 10.4 Å². The molecule has 31 heavy (non-hydrogen) atoms. The first-order chi connectivity index (χ1) is 15.3. The lowest BCUT2D eigenvalue weighted by Gasteiger charge is -2.08. The molecule has 0 radical (unpaired) electrons. The molecule has 4 aromatic heterocycles. The molecule has 8 heteroatoms. The monoisotopic (exact) mass is 424 g/mol. The Morgan fingerprint density at radius 1 is 1.10 bits per heavy atom. The zero-order chi connectivity index (χ0) is 21.0. The second kappa shape index (κ2) is 8.29. The van der Waals surface area contributed by atoms with Gasteiger partial charge in [0, 0.05) is 28.9 Å². The molecule has 0 unspecified atom stereocenters. The number of hydrogen-bond donors (Lipinski definition) is 2. The number of carbonyl (C=O) groups excluding carboxylic acids is 1. The number of thiophene rings is 1. The molecule has 0 saturated carbocycles. The number of aromatic amines is 1. The van der Waals surface area contributed by atoms with E-state index in [4.69, 9.17) is 4.98 Å². The zero-order valence-electron chi connectivity index (χ0n) is 16.2. The minimum absolute atomic E-state index is 0.314. The molecule has 1 aromatic carbocycles. The maximum atomic E-state index is 13.0. The highest BCUT2D eigenvalue weighted by Crippen LogP contribution is 2.26. The number of aromatic nitrogens is 4. The molecule has 150 valence electrons. The molecule has 0 fully saturated rings. The lowest BCUT2D eigenvalue weighted by molar-refractivity contribution is 0.0956. The Hall–Kier alpha value is -4.17. The number of nitrogens with one attached hydrogen (secondary N) is 2. The van der Waals surface area contributed by atoms with Gasteiger partial charge < -0.3 is 0 Å². The third kappa shape index (κ3) is 3.84. The standard InChI is InChI=1S/C23H16N6OS/c30-23(29-26-14-16-13-25-28-22(16)21-6-3-11-31-21)18-12-20(15-7-9-24-10-8-15)27-19-5-2-1-4-17(18)19/h1-14H,(H,25,28)(H,29,30)/b26-14+. The second-order valence-electron chi connectivity index (χ2n) is 6.68. The first kappa shape index (κ1) is 18.8. The molecule has 0 spiro atoms. The molecule has 7 nitrogen and oxygen atoms in total. The van der Waals surface area contributed by atoms with Crippen LogP contribution in [0.4, 0.5) is 0 Å². The zero-order valence-corrected chi connectivity index (χ0v) is 17.0. The Bertz CT molecular complexity index is 1380. The topological polar surface area (TPSA) is 95.9 Å². The van der Waals surface area contributed by atoms with E-state index in [1.54, 1.807) is 42.2 Å². The Morgan fingerprint density at radius 2 is 1.97 bits per heavy atom. The van der Waals surface area contributed by atoms with Gasteiger partial charge in [0.15, 0.2) is 0 Å². The highest BCUT2D eigenvalue weighted by molar-refractivity contribution is 7.13. The van der Waals surface area contributed by atoms with Crippen LogP contribution in [-0.4, -0.2) is 32.3 Å². The Labute approximate surface area is 181 Å². The van der Waals surface area contributed by atoms with E-state index in [9.17, 15) is 4.79 Å². The molecule has 4 heterocycles. The van der Waals surface area contributed by atoms with Gasteiger partial charge in [0.2, 0.25) is 0 Å². The molecule has 1 amide bonds. The number of hydrogen-bond acceptors (Lipinski definition) is 6. The molecule has 0 saturated heterocycles. The number of para-hydroxylation sites is 1. The number of rotatable bonds is 5. The summed E-state index contributed by atoms with van der Waals surface area (Å²) in [4.78, 5) is 22.8. The van der Waals surface area contributed by atoms with Gasteiger partial charge in [-0.3, -0.25) is 14.9 Å². The summed E-state index contributed by atoms with van der Waals surface area (Å²) in [6.45, 7) is 0. The molecule has 0 aliphatic heterocycles. The smallest absolute Gasteiger partial charge is 0.272 e. The van der Waals surface area contributed by atoms with E-state index in [1.807, 2.05) is 53.9 Å². The van der Waals surface area contributed by atoms with Crippen molar-refractivity contribution in [1.82, 2.24) is 25.6 Å². The number of hydrazone groups is 1. The third-order valence-electron chi connectivity index (χ3n) is 4.74. The van der Waals surface area contributed by atoms with Gasteiger partial charge in [-0.15, -0.1) is 11.3 Å². The summed E-state index contributed by atoms with van der Waals surface area (Å²) in [7, 11) is 0. The maximum Gasteiger partial charge on any atom is 0.272 e. The highest BCUT2D eigenvalue weighted by atomic mass is 32.1. The van der Waals surface area contributed by atoms with Crippen molar-refractivity contribution < 1.29 is 4.79 Å². The van der Waals surface area contributed by atoms with Crippen LogP contribution in [0.2, 0.25) is 0 Å². The van der Waals surface area contributed by atoms with Gasteiger partial charge in [-0.2, -0.15) is 10.2 Å². The molecular weight excluding hydrogens is 408 g/mol. The van der Waals surface area contributed by atoms with Crippen molar-refractivity contribution in [3.63, 3.8) is 0 Å². The van der Waals surface area contributed by atoms with E-state index < -0.39 is 0 Å². The van der Waals surface area contributed by atoms with Crippen molar-refractivity contribution in [2.45, 2.75) is 0 Å². The van der Waals surface area contributed by atoms with Crippen molar-refractivity contribution in [2.75, 3.05) is 0 Å². The number of fused-ring (bicyclic) bond motifs is 1. The van der Waals surface area contributed by atoms with Crippen LogP contribution in [0.3, 0.4) is 0 Å². The van der Waals surface area contributed by atoms with E-state index in [-0.39, 0.29) is 5.91 Å². The summed E-state index contributed by atoms with van der Waals surface area (Å²) in [5.41, 5.74) is 7.11. The van der Waals surface area contributed by atoms with Gasteiger partial charge in [0.25, 0.3) is 5.91 Å². The van der Waals surface area contributed by atoms with E-state index in [1.165, 1.54) is 0 Å². The van der Waals surface area contributed by atoms with Gasteiger partial charge in [0.05, 0.1) is 39.8 Å². The van der Waals surface area contributed by atoms with Crippen LogP contribution < -0.4 is 5.43 Å². The van der Waals surface area contributed by atoms with Crippen LogP contribution in [0.25, 0.3) is 32.7 Å². The van der Waals surface area contributed by atoms with Crippen LogP contribution >= 0.6 is 11.3 Å². The summed E-state index contributed by atoms with van der Waals surface area (Å²) < 4.78 is 0. The molecule has 0 atom stereocenters. The third-order valence-corrected chi connectivity index (χ3v) is 5.63. The van der Waals surface area contributed by atoms with Crippen LogP contribution in [0.1, 0.15) is 15.9 Å². The van der Waals surface area contributed by atoms with E-state index in [0.29, 0.717) is 11.3 Å². The Morgan fingerprint density at radius 3 is 2.81 bits per heavy atom. The first-order valence-electron chi connectivity index (χ1n) is 9.50. The van der Waals surface area contributed by atoms with E-state index >= 15 is 0 Å². The molecule has 0 aliphatic rings. The largest absolute Gasteiger partial charge is 0.276 e. The lowest BCUT2D eigenvalue weighted by atomic mass is 10.0. The maximum absolute atomic E-state index is 13.0. The number of benzene rings is 1. The number of nitrogens with zero attached hydrogens (tertiary/aromatic N) is 4. The highest BCUT2D eigenvalue weighted by Gasteiger charge is 2.14. The van der Waals surface area contributed by atoms with Crippen molar-refractivity contribution >= 4 is 34.4 Å². The molecule has 5 rings (SSSR count). The van der Waals surface area contributed by atoms with Crippen molar-refractivity contribution in [2.24, 2.45) is 5.10 Å². The molecule has 5 aromatic rings. The number of carbonyl (C=O) groups is 1. The fourth-order valence-electron chi connectivity index (χ4n) is 3.27. The number of amides is 1. The first-order valence-corrected chi connectivity index (χ1v) is 10.4. The summed E-state index contributed by atoms with van der Waals surface area (Å²) in [6.07, 6.45) is 6.66. The second-order valence-corrected chi connectivity index (χ2v) is 7.63. The summed E-state index contributed by atoms with van der Waals surface area (Å²) in [6, 6.07) is 17.0. The van der Waals surface area contributed by atoms with Crippen LogP contribution in [0.15, 0.2) is 83.7 Å². The van der Waals surface area contributed by atoms with Gasteiger partial charge in [0.1, 0.15) is 0 Å². The SMILES string of the molecule is O=C(N/N=C/c1cn[nH]c1-c1cccs1)c1cc(-c2ccncc2)nc2ccccc12. The Balaban J connectivity index is 1.45. The normalized spacial score (nSPS) is 11.2. The average Bonchev–Trinajstić information content (AvgIpc) is 3.51. The lowest BCUT2D eigenvalue weighted by Crippen LogP contribution is -2.18. The quantitative estimate of drug-likeness (QED) is 0.320. The number of pyridine rings is 2. The summed E-state index contributed by atoms with van der Waals surface area (Å²) >= 11 is 1.60. The van der Waals surface area contributed by atoms with Crippen molar-refractivity contribution in [3.8, 4) is 21.8 Å². The predicted octanol–water partition coefficient (Wildman–Crippen LogP) is 4.51. The van der Waals surface area contributed by atoms with Crippen LogP contribution in [0, 0.1) is 0 Å². The fraction of sp³-hybridized carbons (Fsp3) is 0. The molecule has 0 bridgehead atoms.